The first-order valence-corrected chi connectivity index (χ1v) is 7.20. The molecular weight excluding hydrogens is 298 g/mol. The van der Waals surface area contributed by atoms with Crippen LogP contribution in [0.2, 0.25) is 0 Å². The summed E-state index contributed by atoms with van der Waals surface area (Å²) in [5.74, 6) is 0.357. The molecule has 1 amide bonds. The predicted octanol–water partition coefficient (Wildman–Crippen LogP) is 2.99. The lowest BCUT2D eigenvalue weighted by Crippen LogP contribution is -2.19. The lowest BCUT2D eigenvalue weighted by atomic mass is 10.2. The molecule has 0 aliphatic heterocycles. The Morgan fingerprint density at radius 3 is 2.00 bits per heavy atom. The molecule has 2 aromatic rings. The Morgan fingerprint density at radius 1 is 1.05 bits per heavy atom. The monoisotopic (exact) mass is 315 g/mol. The predicted molar refractivity (Wildman–Crippen MR) is 92.4 cm³/mol. The van der Waals surface area contributed by atoms with Gasteiger partial charge in [-0.1, -0.05) is 0 Å². The quantitative estimate of drug-likeness (QED) is 0.740. The van der Waals surface area contributed by atoms with Crippen LogP contribution in [-0.4, -0.2) is 17.6 Å². The number of benzene rings is 2. The largest absolute Gasteiger partial charge is 0.494 e. The first-order chi connectivity index (χ1) is 10.6. The van der Waals surface area contributed by atoms with Gasteiger partial charge in [-0.25, -0.2) is 0 Å². The van der Waals surface area contributed by atoms with Crippen molar-refractivity contribution in [2.45, 2.75) is 6.92 Å². The number of primary amides is 1. The van der Waals surface area contributed by atoms with Crippen molar-refractivity contribution in [1.29, 1.82) is 0 Å². The summed E-state index contributed by atoms with van der Waals surface area (Å²) in [5.41, 5.74) is 7.28. The molecular formula is C16H17N3O2S. The van der Waals surface area contributed by atoms with Crippen molar-refractivity contribution in [2.24, 2.45) is 5.73 Å². The third-order valence-corrected chi connectivity index (χ3v) is 3.05. The number of nitrogens with two attached hydrogens (primary N) is 1. The van der Waals surface area contributed by atoms with Crippen LogP contribution in [0.1, 0.15) is 17.3 Å². The second kappa shape index (κ2) is 7.42. The minimum absolute atomic E-state index is 0.455. The Labute approximate surface area is 134 Å². The van der Waals surface area contributed by atoms with Crippen LogP contribution in [0.4, 0.5) is 11.4 Å². The van der Waals surface area contributed by atoms with Crippen molar-refractivity contribution < 1.29 is 9.53 Å². The minimum Gasteiger partial charge on any atom is -0.494 e. The SMILES string of the molecule is CCOc1ccc(NC(=S)Nc2ccc(C(N)=O)cc2)cc1. The summed E-state index contributed by atoms with van der Waals surface area (Å²) >= 11 is 5.24. The van der Waals surface area contributed by atoms with E-state index >= 15 is 0 Å². The molecule has 4 N–H and O–H groups in total. The maximum absolute atomic E-state index is 11.0. The van der Waals surface area contributed by atoms with Crippen molar-refractivity contribution in [3.05, 3.63) is 54.1 Å². The molecule has 114 valence electrons. The average molecular weight is 315 g/mol. The van der Waals surface area contributed by atoms with Crippen molar-refractivity contribution in [3.63, 3.8) is 0 Å². The van der Waals surface area contributed by atoms with Crippen molar-refractivity contribution in [1.82, 2.24) is 0 Å². The molecule has 0 saturated carbocycles. The molecule has 0 radical (unpaired) electrons. The molecule has 0 saturated heterocycles. The molecule has 0 aliphatic carbocycles. The van der Waals surface area contributed by atoms with Crippen LogP contribution in [-0.2, 0) is 0 Å². The molecule has 0 unspecified atom stereocenters. The summed E-state index contributed by atoms with van der Waals surface area (Å²) in [4.78, 5) is 11.0. The Morgan fingerprint density at radius 2 is 1.55 bits per heavy atom. The van der Waals surface area contributed by atoms with Crippen LogP contribution in [0.3, 0.4) is 0 Å². The smallest absolute Gasteiger partial charge is 0.248 e. The maximum Gasteiger partial charge on any atom is 0.248 e. The van der Waals surface area contributed by atoms with Gasteiger partial charge in [-0.15, -0.1) is 0 Å². The fraction of sp³-hybridized carbons (Fsp3) is 0.125. The van der Waals surface area contributed by atoms with E-state index in [0.29, 0.717) is 17.3 Å². The highest BCUT2D eigenvalue weighted by atomic mass is 32.1. The van der Waals surface area contributed by atoms with Gasteiger partial charge in [0.15, 0.2) is 5.11 Å². The molecule has 6 heteroatoms. The Bertz CT molecular complexity index is 654. The second-order valence-electron chi connectivity index (χ2n) is 4.48. The summed E-state index contributed by atoms with van der Waals surface area (Å²) in [7, 11) is 0. The van der Waals surface area contributed by atoms with Crippen LogP contribution in [0.5, 0.6) is 5.75 Å². The summed E-state index contributed by atoms with van der Waals surface area (Å²) < 4.78 is 5.38. The highest BCUT2D eigenvalue weighted by Crippen LogP contribution is 2.16. The van der Waals surface area contributed by atoms with Gasteiger partial charge in [-0.05, 0) is 67.7 Å². The van der Waals surface area contributed by atoms with Crippen molar-refractivity contribution in [3.8, 4) is 5.75 Å². The number of anilines is 2. The number of amides is 1. The molecule has 0 aromatic heterocycles. The van der Waals surface area contributed by atoms with Gasteiger partial charge in [0.1, 0.15) is 5.75 Å². The zero-order valence-electron chi connectivity index (χ0n) is 12.1. The number of hydrogen-bond acceptors (Lipinski definition) is 3. The highest BCUT2D eigenvalue weighted by Gasteiger charge is 2.02. The zero-order chi connectivity index (χ0) is 15.9. The van der Waals surface area contributed by atoms with E-state index in [1.807, 2.05) is 31.2 Å². The maximum atomic E-state index is 11.0. The van der Waals surface area contributed by atoms with E-state index in [4.69, 9.17) is 22.7 Å². The summed E-state index contributed by atoms with van der Waals surface area (Å²) in [6.45, 7) is 2.57. The summed E-state index contributed by atoms with van der Waals surface area (Å²) in [6, 6.07) is 14.3. The van der Waals surface area contributed by atoms with E-state index in [9.17, 15) is 4.79 Å². The van der Waals surface area contributed by atoms with Gasteiger partial charge < -0.3 is 21.1 Å². The van der Waals surface area contributed by atoms with Crippen LogP contribution in [0.25, 0.3) is 0 Å². The second-order valence-corrected chi connectivity index (χ2v) is 4.89. The van der Waals surface area contributed by atoms with Crippen LogP contribution < -0.4 is 21.1 Å². The Kier molecular flexibility index (Phi) is 5.32. The lowest BCUT2D eigenvalue weighted by Gasteiger charge is -2.11. The first-order valence-electron chi connectivity index (χ1n) is 6.79. The Hall–Kier alpha value is -2.60. The fourth-order valence-electron chi connectivity index (χ4n) is 1.81. The van der Waals surface area contributed by atoms with E-state index in [-0.39, 0.29) is 0 Å². The number of nitrogens with one attached hydrogen (secondary N) is 2. The lowest BCUT2D eigenvalue weighted by molar-refractivity contribution is 0.100. The topological polar surface area (TPSA) is 76.4 Å². The molecule has 2 aromatic carbocycles. The van der Waals surface area contributed by atoms with Gasteiger partial charge in [0.25, 0.3) is 0 Å². The number of hydrogen-bond donors (Lipinski definition) is 3. The number of ether oxygens (including phenoxy) is 1. The van der Waals surface area contributed by atoms with Gasteiger partial charge in [-0.2, -0.15) is 0 Å². The standard InChI is InChI=1S/C16H17N3O2S/c1-2-21-14-9-7-13(8-10-14)19-16(22)18-12-5-3-11(4-6-12)15(17)20/h3-10H,2H2,1H3,(H2,17,20)(H2,18,19,22). The van der Waals surface area contributed by atoms with Gasteiger partial charge in [-0.3, -0.25) is 4.79 Å². The van der Waals surface area contributed by atoms with Gasteiger partial charge in [0.05, 0.1) is 6.61 Å². The van der Waals surface area contributed by atoms with Gasteiger partial charge >= 0.3 is 0 Å². The van der Waals surface area contributed by atoms with Gasteiger partial charge in [0, 0.05) is 16.9 Å². The molecule has 0 bridgehead atoms. The van der Waals surface area contributed by atoms with E-state index in [0.717, 1.165) is 17.1 Å². The Balaban J connectivity index is 1.93. The third kappa shape index (κ3) is 4.46. The van der Waals surface area contributed by atoms with E-state index < -0.39 is 5.91 Å². The third-order valence-electron chi connectivity index (χ3n) is 2.85. The zero-order valence-corrected chi connectivity index (χ0v) is 12.9. The number of carbonyl (C=O) groups excluding carboxylic acids is 1. The molecule has 0 aliphatic rings. The van der Waals surface area contributed by atoms with E-state index in [1.165, 1.54) is 0 Å². The number of thiocarbonyl (C=S) groups is 1. The summed E-state index contributed by atoms with van der Waals surface area (Å²) in [6.07, 6.45) is 0. The number of carbonyl (C=O) groups is 1. The molecule has 5 nitrogen and oxygen atoms in total. The molecule has 22 heavy (non-hydrogen) atoms. The molecule has 0 fully saturated rings. The van der Waals surface area contributed by atoms with Crippen LogP contribution in [0.15, 0.2) is 48.5 Å². The normalized spacial score (nSPS) is 9.86. The minimum atomic E-state index is -0.457. The molecule has 0 heterocycles. The van der Waals surface area contributed by atoms with E-state index in [2.05, 4.69) is 10.6 Å². The fourth-order valence-corrected chi connectivity index (χ4v) is 2.05. The number of rotatable bonds is 5. The molecule has 0 atom stereocenters. The molecule has 0 spiro atoms. The summed E-state index contributed by atoms with van der Waals surface area (Å²) in [5, 5.41) is 6.56. The van der Waals surface area contributed by atoms with Gasteiger partial charge in [0.2, 0.25) is 5.91 Å². The van der Waals surface area contributed by atoms with E-state index in [1.54, 1.807) is 24.3 Å². The van der Waals surface area contributed by atoms with Crippen molar-refractivity contribution >= 4 is 34.6 Å². The molecule has 2 rings (SSSR count). The van der Waals surface area contributed by atoms with Crippen LogP contribution in [0, 0.1) is 0 Å². The first kappa shape index (κ1) is 15.8. The van der Waals surface area contributed by atoms with Crippen molar-refractivity contribution in [2.75, 3.05) is 17.2 Å². The average Bonchev–Trinajstić information content (AvgIpc) is 2.50. The van der Waals surface area contributed by atoms with Crippen LogP contribution >= 0.6 is 12.2 Å². The highest BCUT2D eigenvalue weighted by molar-refractivity contribution is 7.80.